The van der Waals surface area contributed by atoms with E-state index in [4.69, 9.17) is 9.84 Å². The molecule has 0 radical (unpaired) electrons. The fourth-order valence-corrected chi connectivity index (χ4v) is 5.09. The fraction of sp³-hybridized carbons (Fsp3) is 0.667. The minimum atomic E-state index is -0.669. The van der Waals surface area contributed by atoms with E-state index >= 15 is 0 Å². The number of hydrogen-bond acceptors (Lipinski definition) is 7. The van der Waals surface area contributed by atoms with E-state index in [1.165, 1.54) is 49.9 Å². The number of piperidine rings is 1. The highest BCUT2D eigenvalue weighted by atomic mass is 32.1. The molecule has 0 saturated carbocycles. The lowest BCUT2D eigenvalue weighted by atomic mass is 9.94. The average Bonchev–Trinajstić information content (AvgIpc) is 3.51. The molecule has 1 aromatic heterocycles. The maximum atomic E-state index is 12.3. The van der Waals surface area contributed by atoms with Gasteiger partial charge in [0.2, 0.25) is 0 Å². The molecule has 0 atom stereocenters. The lowest BCUT2D eigenvalue weighted by Gasteiger charge is -2.27. The third kappa shape index (κ3) is 22.5. The van der Waals surface area contributed by atoms with Crippen LogP contribution in [0.2, 0.25) is 0 Å². The first-order valence-electron chi connectivity index (χ1n) is 16.8. The molecule has 2 heterocycles. The van der Waals surface area contributed by atoms with Crippen LogP contribution in [0.15, 0.2) is 42.3 Å². The minimum absolute atomic E-state index is 0.0220. The highest BCUT2D eigenvalue weighted by Crippen LogP contribution is 2.18. The number of rotatable bonds is 13. The predicted octanol–water partition coefficient (Wildman–Crippen LogP) is 8.49. The Labute approximate surface area is 284 Å². The Bertz CT molecular complexity index is 1020. The predicted molar refractivity (Wildman–Crippen MR) is 193 cm³/mol. The van der Waals surface area contributed by atoms with Gasteiger partial charge in [0.15, 0.2) is 0 Å². The van der Waals surface area contributed by atoms with Crippen molar-refractivity contribution in [2.45, 2.75) is 132 Å². The maximum absolute atomic E-state index is 12.3. The number of carbonyl (C=O) groups excluding carboxylic acids is 3. The van der Waals surface area contributed by atoms with Crippen LogP contribution in [0, 0.1) is 5.92 Å². The van der Waals surface area contributed by atoms with Gasteiger partial charge in [0.05, 0.1) is 28.3 Å². The number of aliphatic hydroxyl groups excluding tert-OH is 1. The number of allylic oxidation sites excluding steroid dienone is 1. The number of hydrogen-bond donors (Lipinski definition) is 3. The van der Waals surface area contributed by atoms with Crippen molar-refractivity contribution in [3.05, 3.63) is 53.0 Å². The molecule has 0 aromatic carbocycles. The van der Waals surface area contributed by atoms with Gasteiger partial charge in [0, 0.05) is 25.6 Å². The molecule has 10 heteroatoms. The smallest absolute Gasteiger partial charge is 0.275 e. The first-order valence-corrected chi connectivity index (χ1v) is 17.7. The number of methoxy groups -OCH3 is 1. The van der Waals surface area contributed by atoms with E-state index in [-0.39, 0.29) is 28.6 Å². The molecule has 0 bridgehead atoms. The van der Waals surface area contributed by atoms with E-state index in [9.17, 15) is 14.4 Å². The number of nitrogens with zero attached hydrogens (tertiary/aromatic N) is 2. The number of nitrogens with one attached hydrogen (secondary N) is 2. The summed E-state index contributed by atoms with van der Waals surface area (Å²) in [6.07, 6.45) is 15.7. The quantitative estimate of drug-likeness (QED) is 0.144. The van der Waals surface area contributed by atoms with E-state index in [1.807, 2.05) is 27.7 Å². The Morgan fingerprint density at radius 3 is 1.89 bits per heavy atom. The van der Waals surface area contributed by atoms with Crippen LogP contribution in [-0.4, -0.2) is 58.5 Å². The Hall–Kier alpha value is -2.98. The second kappa shape index (κ2) is 27.2. The summed E-state index contributed by atoms with van der Waals surface area (Å²) in [7, 11) is 1.71. The molecule has 1 aliphatic rings. The molecule has 2 rings (SSSR count). The van der Waals surface area contributed by atoms with Crippen LogP contribution in [0.5, 0.6) is 0 Å². The Morgan fingerprint density at radius 2 is 1.48 bits per heavy atom. The van der Waals surface area contributed by atoms with Crippen molar-refractivity contribution in [3.63, 3.8) is 0 Å². The van der Waals surface area contributed by atoms with Crippen molar-refractivity contribution in [2.75, 3.05) is 20.2 Å². The maximum Gasteiger partial charge on any atom is 0.275 e. The molecule has 3 amide bonds. The number of amides is 3. The van der Waals surface area contributed by atoms with E-state index in [0.717, 1.165) is 49.3 Å². The standard InChI is InChI=1S/C18H24N4O3S.C10H22.C5H12O.C3H6O/c1-4-8-15-21-14(11-26-15)17(24)19-12(2)16(23)20-13(3)18(25)22-9-6-5-7-10-22;1-4-7-10(8-5-2)9-6-3;1-5(2,3)6-4;1-2-3-4/h11H,2-10H2,1H3,(H,19,24)(H,20,23);10H,4-9H2,1-3H3;1-4H3;2-4H,1H3. The molecule has 264 valence electrons. The van der Waals surface area contributed by atoms with Crippen molar-refractivity contribution in [2.24, 2.45) is 5.92 Å². The number of likely N-dealkylation sites (tertiary alicyclic amines) is 1. The normalized spacial score (nSPS) is 12.5. The largest absolute Gasteiger partial charge is 0.516 e. The third-order valence-electron chi connectivity index (χ3n) is 6.80. The minimum Gasteiger partial charge on any atom is -0.516 e. The molecule has 1 aliphatic heterocycles. The van der Waals surface area contributed by atoms with Gasteiger partial charge in [-0.05, 0) is 65.7 Å². The molecule has 0 spiro atoms. The highest BCUT2D eigenvalue weighted by molar-refractivity contribution is 7.09. The number of aliphatic hydroxyl groups is 1. The van der Waals surface area contributed by atoms with Gasteiger partial charge in [-0.1, -0.05) is 85.5 Å². The molecular weight excluding hydrogens is 600 g/mol. The summed E-state index contributed by atoms with van der Waals surface area (Å²) < 4.78 is 4.94. The van der Waals surface area contributed by atoms with Crippen LogP contribution in [0.1, 0.15) is 135 Å². The second-order valence-electron chi connectivity index (χ2n) is 12.1. The zero-order chi connectivity index (χ0) is 35.5. The van der Waals surface area contributed by atoms with Gasteiger partial charge in [-0.15, -0.1) is 11.3 Å². The van der Waals surface area contributed by atoms with Crippen LogP contribution in [0.3, 0.4) is 0 Å². The zero-order valence-corrected chi connectivity index (χ0v) is 31.1. The monoisotopic (exact) mass is 664 g/mol. The molecule has 1 aromatic rings. The molecule has 1 fully saturated rings. The van der Waals surface area contributed by atoms with Crippen LogP contribution >= 0.6 is 11.3 Å². The molecule has 0 unspecified atom stereocenters. The van der Waals surface area contributed by atoms with Crippen molar-refractivity contribution in [3.8, 4) is 0 Å². The van der Waals surface area contributed by atoms with Crippen molar-refractivity contribution >= 4 is 29.1 Å². The number of carbonyl (C=O) groups is 3. The zero-order valence-electron chi connectivity index (χ0n) is 30.3. The summed E-state index contributed by atoms with van der Waals surface area (Å²) in [5, 5.41) is 15.0. The highest BCUT2D eigenvalue weighted by Gasteiger charge is 2.22. The van der Waals surface area contributed by atoms with E-state index < -0.39 is 11.8 Å². The van der Waals surface area contributed by atoms with Gasteiger partial charge < -0.3 is 25.4 Å². The lowest BCUT2D eigenvalue weighted by molar-refractivity contribution is -0.129. The van der Waals surface area contributed by atoms with Crippen molar-refractivity contribution in [1.82, 2.24) is 20.5 Å². The van der Waals surface area contributed by atoms with Gasteiger partial charge in [0.25, 0.3) is 17.7 Å². The lowest BCUT2D eigenvalue weighted by Crippen LogP contribution is -2.42. The Kier molecular flexibility index (Phi) is 26.7. The molecule has 0 aliphatic carbocycles. The van der Waals surface area contributed by atoms with Gasteiger partial charge in [-0.3, -0.25) is 14.4 Å². The first kappa shape index (κ1) is 45.1. The third-order valence-corrected chi connectivity index (χ3v) is 7.71. The van der Waals surface area contributed by atoms with Gasteiger partial charge >= 0.3 is 0 Å². The van der Waals surface area contributed by atoms with Crippen molar-refractivity contribution in [1.29, 1.82) is 0 Å². The number of ether oxygens (including phenoxy) is 1. The summed E-state index contributed by atoms with van der Waals surface area (Å²) in [5.41, 5.74) is 0.106. The number of aromatic nitrogens is 1. The summed E-state index contributed by atoms with van der Waals surface area (Å²) in [6.45, 7) is 25.2. The van der Waals surface area contributed by atoms with Crippen LogP contribution < -0.4 is 10.6 Å². The summed E-state index contributed by atoms with van der Waals surface area (Å²) in [6, 6.07) is 0. The number of thiazole rings is 1. The van der Waals surface area contributed by atoms with Crippen LogP contribution in [0.25, 0.3) is 0 Å². The van der Waals surface area contributed by atoms with E-state index in [2.05, 4.69) is 49.5 Å². The summed E-state index contributed by atoms with van der Waals surface area (Å²) >= 11 is 1.40. The van der Waals surface area contributed by atoms with Gasteiger partial charge in [-0.25, -0.2) is 4.98 Å². The van der Waals surface area contributed by atoms with Crippen molar-refractivity contribution < 1.29 is 24.2 Å². The van der Waals surface area contributed by atoms with E-state index in [0.29, 0.717) is 13.1 Å². The van der Waals surface area contributed by atoms with Crippen LogP contribution in [-0.2, 0) is 20.7 Å². The fourth-order valence-electron chi connectivity index (χ4n) is 4.21. The first-order chi connectivity index (χ1) is 21.7. The van der Waals surface area contributed by atoms with E-state index in [1.54, 1.807) is 30.4 Å². The molecule has 3 N–H and O–H groups in total. The molecular formula is C36H64N4O5S. The van der Waals surface area contributed by atoms with Crippen LogP contribution in [0.4, 0.5) is 0 Å². The molecule has 1 saturated heterocycles. The Balaban J connectivity index is 0. The Morgan fingerprint density at radius 1 is 0.978 bits per heavy atom. The SMILES string of the molecule is C=C(NC(=O)c1csc(CCC)n1)C(=O)NC(=C)C(=O)N1CCCCC1.CC=CO.CCCC(CCC)CCC.COC(C)(C)C. The molecule has 46 heavy (non-hydrogen) atoms. The average molecular weight is 665 g/mol. The van der Waals surface area contributed by atoms with Gasteiger partial charge in [-0.2, -0.15) is 0 Å². The molecule has 9 nitrogen and oxygen atoms in total. The summed E-state index contributed by atoms with van der Waals surface area (Å²) in [4.78, 5) is 42.4. The number of aryl methyl sites for hydroxylation is 1. The summed E-state index contributed by atoms with van der Waals surface area (Å²) in [5.74, 6) is -0.449. The second-order valence-corrected chi connectivity index (χ2v) is 13.1. The van der Waals surface area contributed by atoms with Gasteiger partial charge in [0.1, 0.15) is 5.69 Å². The topological polar surface area (TPSA) is 121 Å².